The highest BCUT2D eigenvalue weighted by Gasteiger charge is 2.34. The van der Waals surface area contributed by atoms with Crippen LogP contribution < -0.4 is 10.2 Å². The quantitative estimate of drug-likeness (QED) is 0.946. The van der Waals surface area contributed by atoms with E-state index < -0.39 is 6.04 Å². The monoisotopic (exact) mass is 318 g/mol. The van der Waals surface area contributed by atoms with Gasteiger partial charge in [-0.2, -0.15) is 0 Å². The summed E-state index contributed by atoms with van der Waals surface area (Å²) in [7, 11) is 0. The lowest BCUT2D eigenvalue weighted by Gasteiger charge is -2.18. The van der Waals surface area contributed by atoms with E-state index in [0.717, 1.165) is 0 Å². The molecule has 1 unspecified atom stereocenters. The molecule has 2 aromatic rings. The first-order chi connectivity index (χ1) is 10.6. The van der Waals surface area contributed by atoms with Crippen LogP contribution in [0.25, 0.3) is 0 Å². The van der Waals surface area contributed by atoms with Crippen molar-refractivity contribution >= 4 is 29.1 Å². The molecular weight excluding hydrogens is 304 g/mol. The van der Waals surface area contributed by atoms with Gasteiger partial charge in [-0.15, -0.1) is 0 Å². The standard InChI is InChI=1S/C16H15ClN2O3/c1-10-6-7-14(22-10)15(20)18-12-8-9-19(16(12)21)13-5-3-2-4-11(13)17/h2-7,12H,8-9H2,1H3,(H,18,20). The molecule has 114 valence electrons. The smallest absolute Gasteiger partial charge is 0.287 e. The lowest BCUT2D eigenvalue weighted by Crippen LogP contribution is -2.41. The van der Waals surface area contributed by atoms with Crippen molar-refractivity contribution in [1.29, 1.82) is 0 Å². The number of benzene rings is 1. The van der Waals surface area contributed by atoms with Gasteiger partial charge in [-0.1, -0.05) is 23.7 Å². The lowest BCUT2D eigenvalue weighted by molar-refractivity contribution is -0.118. The van der Waals surface area contributed by atoms with Gasteiger partial charge in [-0.25, -0.2) is 0 Å². The van der Waals surface area contributed by atoms with Crippen molar-refractivity contribution in [3.63, 3.8) is 0 Å². The van der Waals surface area contributed by atoms with Gasteiger partial charge in [-0.3, -0.25) is 9.59 Å². The molecule has 0 bridgehead atoms. The molecule has 2 amide bonds. The molecule has 22 heavy (non-hydrogen) atoms. The van der Waals surface area contributed by atoms with Crippen LogP contribution in [0.2, 0.25) is 5.02 Å². The number of carbonyl (C=O) groups is 2. The minimum Gasteiger partial charge on any atom is -0.456 e. The third-order valence-electron chi connectivity index (χ3n) is 3.62. The first-order valence-corrected chi connectivity index (χ1v) is 7.37. The van der Waals surface area contributed by atoms with Crippen LogP contribution in [0, 0.1) is 6.92 Å². The number of anilines is 1. The van der Waals surface area contributed by atoms with Crippen molar-refractivity contribution in [2.24, 2.45) is 0 Å². The molecular formula is C16H15ClN2O3. The first-order valence-electron chi connectivity index (χ1n) is 6.99. The van der Waals surface area contributed by atoms with Crippen LogP contribution in [0.3, 0.4) is 0 Å². The first kappa shape index (κ1) is 14.7. The van der Waals surface area contributed by atoms with Gasteiger partial charge in [0.15, 0.2) is 5.76 Å². The molecule has 1 N–H and O–H groups in total. The third-order valence-corrected chi connectivity index (χ3v) is 3.94. The minimum absolute atomic E-state index is 0.162. The van der Waals surface area contributed by atoms with E-state index >= 15 is 0 Å². The Morgan fingerprint density at radius 3 is 2.77 bits per heavy atom. The van der Waals surface area contributed by atoms with E-state index in [4.69, 9.17) is 16.0 Å². The van der Waals surface area contributed by atoms with Gasteiger partial charge in [0.1, 0.15) is 11.8 Å². The van der Waals surface area contributed by atoms with E-state index in [-0.39, 0.29) is 17.6 Å². The summed E-state index contributed by atoms with van der Waals surface area (Å²) in [5, 5.41) is 3.23. The Morgan fingerprint density at radius 2 is 2.09 bits per heavy atom. The van der Waals surface area contributed by atoms with Crippen LogP contribution >= 0.6 is 11.6 Å². The summed E-state index contributed by atoms with van der Waals surface area (Å²) >= 11 is 6.13. The number of nitrogens with zero attached hydrogens (tertiary/aromatic N) is 1. The zero-order valence-electron chi connectivity index (χ0n) is 12.0. The number of furan rings is 1. The number of amides is 2. The Labute approximate surface area is 132 Å². The highest BCUT2D eigenvalue weighted by Crippen LogP contribution is 2.29. The van der Waals surface area contributed by atoms with Crippen LogP contribution in [-0.4, -0.2) is 24.4 Å². The van der Waals surface area contributed by atoms with Crippen LogP contribution in [-0.2, 0) is 4.79 Å². The van der Waals surface area contributed by atoms with Crippen molar-refractivity contribution in [1.82, 2.24) is 5.32 Å². The van der Waals surface area contributed by atoms with E-state index in [9.17, 15) is 9.59 Å². The third kappa shape index (κ3) is 2.72. The molecule has 3 rings (SSSR count). The maximum atomic E-state index is 12.5. The minimum atomic E-state index is -0.561. The second-order valence-electron chi connectivity index (χ2n) is 5.17. The topological polar surface area (TPSA) is 62.6 Å². The highest BCUT2D eigenvalue weighted by atomic mass is 35.5. The van der Waals surface area contributed by atoms with E-state index in [2.05, 4.69) is 5.32 Å². The summed E-state index contributed by atoms with van der Waals surface area (Å²) in [6.45, 7) is 2.28. The summed E-state index contributed by atoms with van der Waals surface area (Å²) in [4.78, 5) is 26.1. The Kier molecular flexibility index (Phi) is 3.90. The van der Waals surface area contributed by atoms with Gasteiger partial charge in [0.2, 0.25) is 5.91 Å². The number of hydrogen-bond donors (Lipinski definition) is 1. The van der Waals surface area contributed by atoms with Crippen molar-refractivity contribution in [2.45, 2.75) is 19.4 Å². The number of para-hydroxylation sites is 1. The molecule has 1 atom stereocenters. The second kappa shape index (κ2) is 5.85. The van der Waals surface area contributed by atoms with Gasteiger partial charge in [0.25, 0.3) is 5.91 Å². The maximum Gasteiger partial charge on any atom is 0.287 e. The predicted octanol–water partition coefficient (Wildman–Crippen LogP) is 2.78. The second-order valence-corrected chi connectivity index (χ2v) is 5.57. The summed E-state index contributed by atoms with van der Waals surface area (Å²) in [5.74, 6) is 0.319. The zero-order valence-corrected chi connectivity index (χ0v) is 12.8. The molecule has 1 aliphatic rings. The average molecular weight is 319 g/mol. The fourth-order valence-electron chi connectivity index (χ4n) is 2.51. The molecule has 0 saturated carbocycles. The van der Waals surface area contributed by atoms with Crippen LogP contribution in [0.1, 0.15) is 22.7 Å². The van der Waals surface area contributed by atoms with Crippen molar-refractivity contribution in [3.8, 4) is 0 Å². The van der Waals surface area contributed by atoms with E-state index in [0.29, 0.717) is 29.4 Å². The molecule has 0 radical (unpaired) electrons. The summed E-state index contributed by atoms with van der Waals surface area (Å²) in [6, 6.07) is 9.91. The number of carbonyl (C=O) groups excluding carboxylic acids is 2. The highest BCUT2D eigenvalue weighted by molar-refractivity contribution is 6.34. The summed E-state index contributed by atoms with van der Waals surface area (Å²) < 4.78 is 5.26. The zero-order chi connectivity index (χ0) is 15.7. The molecule has 1 fully saturated rings. The van der Waals surface area contributed by atoms with Gasteiger partial charge in [0, 0.05) is 6.54 Å². The molecule has 0 aliphatic carbocycles. The van der Waals surface area contributed by atoms with Crippen molar-refractivity contribution in [2.75, 3.05) is 11.4 Å². The molecule has 2 heterocycles. The average Bonchev–Trinajstić information content (AvgIpc) is 3.07. The number of nitrogens with one attached hydrogen (secondary N) is 1. The molecule has 5 nitrogen and oxygen atoms in total. The largest absolute Gasteiger partial charge is 0.456 e. The van der Waals surface area contributed by atoms with Crippen LogP contribution in [0.5, 0.6) is 0 Å². The molecule has 1 aromatic heterocycles. The Hall–Kier alpha value is -2.27. The molecule has 1 aromatic carbocycles. The number of rotatable bonds is 3. The van der Waals surface area contributed by atoms with Gasteiger partial charge in [0.05, 0.1) is 10.7 Å². The normalized spacial score (nSPS) is 17.8. The molecule has 1 saturated heterocycles. The van der Waals surface area contributed by atoms with Crippen molar-refractivity contribution in [3.05, 3.63) is 52.9 Å². The molecule has 0 spiro atoms. The fraction of sp³-hybridized carbons (Fsp3) is 0.250. The Morgan fingerprint density at radius 1 is 1.32 bits per heavy atom. The molecule has 1 aliphatic heterocycles. The molecule has 6 heteroatoms. The van der Waals surface area contributed by atoms with E-state index in [1.54, 1.807) is 36.1 Å². The van der Waals surface area contributed by atoms with Crippen molar-refractivity contribution < 1.29 is 14.0 Å². The number of halogens is 1. The SMILES string of the molecule is Cc1ccc(C(=O)NC2CCN(c3ccccc3Cl)C2=O)o1. The van der Waals surface area contributed by atoms with E-state index in [1.165, 1.54) is 0 Å². The fourth-order valence-corrected chi connectivity index (χ4v) is 2.75. The maximum absolute atomic E-state index is 12.5. The predicted molar refractivity (Wildman–Crippen MR) is 83.1 cm³/mol. The number of aryl methyl sites for hydroxylation is 1. The summed E-state index contributed by atoms with van der Waals surface area (Å²) in [6.07, 6.45) is 0.537. The lowest BCUT2D eigenvalue weighted by atomic mass is 10.2. The summed E-state index contributed by atoms with van der Waals surface area (Å²) in [5.41, 5.74) is 0.666. The van der Waals surface area contributed by atoms with Crippen LogP contribution in [0.15, 0.2) is 40.8 Å². The van der Waals surface area contributed by atoms with Gasteiger partial charge >= 0.3 is 0 Å². The van der Waals surface area contributed by atoms with Crippen LogP contribution in [0.4, 0.5) is 5.69 Å². The van der Waals surface area contributed by atoms with Gasteiger partial charge in [-0.05, 0) is 37.6 Å². The van der Waals surface area contributed by atoms with E-state index in [1.807, 2.05) is 12.1 Å². The Bertz CT molecular complexity index is 726. The Balaban J connectivity index is 1.72. The van der Waals surface area contributed by atoms with Gasteiger partial charge < -0.3 is 14.6 Å². The number of hydrogen-bond acceptors (Lipinski definition) is 3.